The van der Waals surface area contributed by atoms with E-state index < -0.39 is 5.82 Å². The molecule has 2 N–H and O–H groups in total. The summed E-state index contributed by atoms with van der Waals surface area (Å²) in [5.74, 6) is 1.59. The molecule has 0 aliphatic heterocycles. The van der Waals surface area contributed by atoms with E-state index in [1.54, 1.807) is 20.0 Å². The van der Waals surface area contributed by atoms with Crippen molar-refractivity contribution in [3.63, 3.8) is 0 Å². The van der Waals surface area contributed by atoms with E-state index in [4.69, 9.17) is 11.6 Å². The third-order valence-electron chi connectivity index (χ3n) is 2.62. The lowest BCUT2D eigenvalue weighted by atomic mass is 10.2. The van der Waals surface area contributed by atoms with Crippen LogP contribution >= 0.6 is 11.6 Å². The number of hydrogen-bond acceptors (Lipinski definition) is 4. The molecule has 0 amide bonds. The zero-order valence-electron chi connectivity index (χ0n) is 10.9. The molecule has 0 aliphatic rings. The molecular formula is C13H14ClFN4. The molecule has 0 bridgehead atoms. The first-order valence-corrected chi connectivity index (χ1v) is 6.13. The molecule has 0 saturated heterocycles. The van der Waals surface area contributed by atoms with Gasteiger partial charge < -0.3 is 10.6 Å². The van der Waals surface area contributed by atoms with Gasteiger partial charge in [0, 0.05) is 23.3 Å². The van der Waals surface area contributed by atoms with Crippen molar-refractivity contribution in [1.82, 2.24) is 9.97 Å². The molecule has 1 heterocycles. The van der Waals surface area contributed by atoms with Crippen LogP contribution in [0.3, 0.4) is 0 Å². The largest absolute Gasteiger partial charge is 0.373 e. The Hall–Kier alpha value is -1.88. The fraction of sp³-hybridized carbons (Fsp3) is 0.231. The van der Waals surface area contributed by atoms with Gasteiger partial charge in [-0.2, -0.15) is 0 Å². The van der Waals surface area contributed by atoms with Crippen LogP contribution < -0.4 is 10.6 Å². The second-order valence-electron chi connectivity index (χ2n) is 4.13. The Labute approximate surface area is 116 Å². The number of anilines is 3. The summed E-state index contributed by atoms with van der Waals surface area (Å²) in [7, 11) is 1.79. The van der Waals surface area contributed by atoms with E-state index >= 15 is 0 Å². The van der Waals surface area contributed by atoms with Gasteiger partial charge in [0.15, 0.2) is 0 Å². The van der Waals surface area contributed by atoms with Gasteiger partial charge in [-0.05, 0) is 32.0 Å². The normalized spacial score (nSPS) is 10.4. The Balaban J connectivity index is 2.40. The molecule has 6 heteroatoms. The van der Waals surface area contributed by atoms with Gasteiger partial charge >= 0.3 is 0 Å². The second-order valence-corrected chi connectivity index (χ2v) is 4.56. The third-order valence-corrected chi connectivity index (χ3v) is 2.84. The molecule has 4 nitrogen and oxygen atoms in total. The summed E-state index contributed by atoms with van der Waals surface area (Å²) < 4.78 is 13.3. The lowest BCUT2D eigenvalue weighted by molar-refractivity contribution is 0.628. The molecule has 0 unspecified atom stereocenters. The minimum atomic E-state index is -0.396. The molecule has 1 aromatic carbocycles. The van der Waals surface area contributed by atoms with Crippen LogP contribution in [0.25, 0.3) is 0 Å². The highest BCUT2D eigenvalue weighted by atomic mass is 35.5. The van der Waals surface area contributed by atoms with Gasteiger partial charge in [-0.1, -0.05) is 11.6 Å². The predicted molar refractivity (Wildman–Crippen MR) is 75.7 cm³/mol. The molecule has 100 valence electrons. The quantitative estimate of drug-likeness (QED) is 0.901. The van der Waals surface area contributed by atoms with Gasteiger partial charge in [0.05, 0.1) is 0 Å². The van der Waals surface area contributed by atoms with Gasteiger partial charge in [-0.15, -0.1) is 0 Å². The zero-order chi connectivity index (χ0) is 14.0. The van der Waals surface area contributed by atoms with Crippen LogP contribution in [0.15, 0.2) is 18.2 Å². The predicted octanol–water partition coefficient (Wildman–Crippen LogP) is 3.67. The Bertz CT molecular complexity index is 596. The van der Waals surface area contributed by atoms with Gasteiger partial charge in [-0.25, -0.2) is 14.4 Å². The maximum absolute atomic E-state index is 13.3. The SMILES string of the molecule is CNc1nc(C)nc(Nc2cc(F)cc(Cl)c2)c1C. The molecule has 0 aliphatic carbocycles. The van der Waals surface area contributed by atoms with Crippen LogP contribution in [0.4, 0.5) is 21.7 Å². The molecule has 19 heavy (non-hydrogen) atoms. The molecule has 2 aromatic rings. The van der Waals surface area contributed by atoms with Crippen molar-refractivity contribution in [3.05, 3.63) is 40.4 Å². The van der Waals surface area contributed by atoms with E-state index in [0.29, 0.717) is 22.4 Å². The second kappa shape index (κ2) is 5.40. The monoisotopic (exact) mass is 280 g/mol. The Kier molecular flexibility index (Phi) is 3.85. The number of nitrogens with one attached hydrogen (secondary N) is 2. The number of aromatic nitrogens is 2. The first-order valence-electron chi connectivity index (χ1n) is 5.75. The molecule has 0 radical (unpaired) electrons. The number of hydrogen-bond donors (Lipinski definition) is 2. The van der Waals surface area contributed by atoms with Crippen LogP contribution in [0, 0.1) is 19.7 Å². The standard InChI is InChI=1S/C13H14ClFN4/c1-7-12(16-3)17-8(2)18-13(7)19-11-5-9(14)4-10(15)6-11/h4-6H,1-3H3,(H2,16,17,18,19). The van der Waals surface area contributed by atoms with E-state index in [1.807, 2.05) is 6.92 Å². The number of benzene rings is 1. The minimum absolute atomic E-state index is 0.333. The maximum Gasteiger partial charge on any atom is 0.139 e. The highest BCUT2D eigenvalue weighted by Gasteiger charge is 2.09. The summed E-state index contributed by atoms with van der Waals surface area (Å²) in [5, 5.41) is 6.38. The number of halogens is 2. The van der Waals surface area contributed by atoms with Crippen LogP contribution in [-0.2, 0) is 0 Å². The number of nitrogens with zero attached hydrogens (tertiary/aromatic N) is 2. The van der Waals surface area contributed by atoms with Crippen molar-refractivity contribution in [2.75, 3.05) is 17.7 Å². The van der Waals surface area contributed by atoms with Crippen LogP contribution in [-0.4, -0.2) is 17.0 Å². The fourth-order valence-corrected chi connectivity index (χ4v) is 1.98. The van der Waals surface area contributed by atoms with Crippen LogP contribution in [0.2, 0.25) is 5.02 Å². The smallest absolute Gasteiger partial charge is 0.139 e. The highest BCUT2D eigenvalue weighted by Crippen LogP contribution is 2.25. The van der Waals surface area contributed by atoms with E-state index in [2.05, 4.69) is 20.6 Å². The molecule has 0 spiro atoms. The Morgan fingerprint density at radius 3 is 2.42 bits per heavy atom. The Morgan fingerprint density at radius 1 is 1.11 bits per heavy atom. The van der Waals surface area contributed by atoms with Crippen molar-refractivity contribution < 1.29 is 4.39 Å². The summed E-state index contributed by atoms with van der Waals surface area (Å²) in [6.45, 7) is 3.68. The summed E-state index contributed by atoms with van der Waals surface area (Å²) >= 11 is 5.82. The first-order chi connectivity index (χ1) is 8.99. The maximum atomic E-state index is 13.3. The van der Waals surface area contributed by atoms with E-state index in [9.17, 15) is 4.39 Å². The van der Waals surface area contributed by atoms with Crippen molar-refractivity contribution >= 4 is 28.9 Å². The number of rotatable bonds is 3. The summed E-state index contributed by atoms with van der Waals surface area (Å²) in [4.78, 5) is 8.57. The summed E-state index contributed by atoms with van der Waals surface area (Å²) in [5.41, 5.74) is 1.40. The van der Waals surface area contributed by atoms with Gasteiger partial charge in [-0.3, -0.25) is 0 Å². The van der Waals surface area contributed by atoms with Crippen molar-refractivity contribution in [3.8, 4) is 0 Å². The molecular weight excluding hydrogens is 267 g/mol. The first kappa shape index (κ1) is 13.5. The fourth-order valence-electron chi connectivity index (χ4n) is 1.76. The van der Waals surface area contributed by atoms with Crippen LogP contribution in [0.1, 0.15) is 11.4 Å². The lowest BCUT2D eigenvalue weighted by Crippen LogP contribution is -2.05. The van der Waals surface area contributed by atoms with Crippen molar-refractivity contribution in [2.45, 2.75) is 13.8 Å². The van der Waals surface area contributed by atoms with Gasteiger partial charge in [0.25, 0.3) is 0 Å². The minimum Gasteiger partial charge on any atom is -0.373 e. The average Bonchev–Trinajstić information content (AvgIpc) is 2.32. The van der Waals surface area contributed by atoms with Crippen LogP contribution in [0.5, 0.6) is 0 Å². The molecule has 0 saturated carbocycles. The lowest BCUT2D eigenvalue weighted by Gasteiger charge is -2.12. The van der Waals surface area contributed by atoms with Crippen molar-refractivity contribution in [2.24, 2.45) is 0 Å². The highest BCUT2D eigenvalue weighted by molar-refractivity contribution is 6.30. The Morgan fingerprint density at radius 2 is 1.79 bits per heavy atom. The van der Waals surface area contributed by atoms with E-state index in [-0.39, 0.29) is 0 Å². The summed E-state index contributed by atoms with van der Waals surface area (Å²) in [6.07, 6.45) is 0. The number of aryl methyl sites for hydroxylation is 1. The van der Waals surface area contributed by atoms with E-state index in [1.165, 1.54) is 12.1 Å². The third kappa shape index (κ3) is 3.12. The zero-order valence-corrected chi connectivity index (χ0v) is 11.6. The molecule has 1 aromatic heterocycles. The topological polar surface area (TPSA) is 49.8 Å². The van der Waals surface area contributed by atoms with Gasteiger partial charge in [0.1, 0.15) is 23.3 Å². The molecule has 0 fully saturated rings. The van der Waals surface area contributed by atoms with Gasteiger partial charge in [0.2, 0.25) is 0 Å². The summed E-state index contributed by atoms with van der Waals surface area (Å²) in [6, 6.07) is 4.26. The van der Waals surface area contributed by atoms with E-state index in [0.717, 1.165) is 11.4 Å². The van der Waals surface area contributed by atoms with Crippen molar-refractivity contribution in [1.29, 1.82) is 0 Å². The molecule has 0 atom stereocenters. The average molecular weight is 281 g/mol. The molecule has 2 rings (SSSR count).